The number of hydrogen-bond acceptors (Lipinski definition) is 2. The van der Waals surface area contributed by atoms with E-state index in [1.54, 1.807) is 0 Å². The van der Waals surface area contributed by atoms with Gasteiger partial charge in [-0.2, -0.15) is 0 Å². The summed E-state index contributed by atoms with van der Waals surface area (Å²) in [6.07, 6.45) is 4.15. The molecule has 1 atom stereocenters. The Hall–Kier alpha value is -0.380. The minimum atomic E-state index is 0.650. The van der Waals surface area contributed by atoms with Gasteiger partial charge in [-0.1, -0.05) is 34.5 Å². The van der Waals surface area contributed by atoms with Crippen molar-refractivity contribution in [3.63, 3.8) is 0 Å². The maximum atomic E-state index is 3.56. The largest absolute Gasteiger partial charge is 0.311 e. The molecule has 100 valence electrons. The van der Waals surface area contributed by atoms with Crippen LogP contribution < -0.4 is 5.32 Å². The topological polar surface area (TPSA) is 15.3 Å². The summed E-state index contributed by atoms with van der Waals surface area (Å²) in [4.78, 5) is 2.61. The maximum absolute atomic E-state index is 3.56. The Kier molecular flexibility index (Phi) is 5.67. The molecule has 0 radical (unpaired) electrons. The van der Waals surface area contributed by atoms with Gasteiger partial charge < -0.3 is 5.32 Å². The lowest BCUT2D eigenvalue weighted by Crippen LogP contribution is -2.42. The molecule has 1 N–H and O–H groups in total. The van der Waals surface area contributed by atoms with Crippen molar-refractivity contribution in [3.05, 3.63) is 34.3 Å². The molecule has 2 rings (SSSR count). The summed E-state index contributed by atoms with van der Waals surface area (Å²) in [5.74, 6) is 0. The molecule has 18 heavy (non-hydrogen) atoms. The molecule has 1 aliphatic heterocycles. The van der Waals surface area contributed by atoms with E-state index in [1.807, 2.05) is 0 Å². The normalized spacial score (nSPS) is 18.8. The molecule has 0 amide bonds. The Balaban J connectivity index is 1.71. The number of likely N-dealkylation sites (tertiary alicyclic amines) is 1. The van der Waals surface area contributed by atoms with Crippen LogP contribution in [-0.4, -0.2) is 30.6 Å². The second-order valence-corrected chi connectivity index (χ2v) is 6.12. The smallest absolute Gasteiger partial charge is 0.0206 e. The Morgan fingerprint density at radius 1 is 1.28 bits per heavy atom. The van der Waals surface area contributed by atoms with Gasteiger partial charge in [-0.05, 0) is 50.6 Å². The lowest BCUT2D eigenvalue weighted by molar-refractivity contribution is 0.170. The van der Waals surface area contributed by atoms with Gasteiger partial charge >= 0.3 is 0 Å². The molecule has 0 spiro atoms. The highest BCUT2D eigenvalue weighted by atomic mass is 79.9. The average molecular weight is 311 g/mol. The van der Waals surface area contributed by atoms with Crippen LogP contribution in [-0.2, 0) is 6.54 Å². The third-order valence-electron chi connectivity index (χ3n) is 3.67. The van der Waals surface area contributed by atoms with Crippen molar-refractivity contribution >= 4 is 15.9 Å². The van der Waals surface area contributed by atoms with E-state index in [2.05, 4.69) is 57.3 Å². The first-order valence-electron chi connectivity index (χ1n) is 6.95. The zero-order valence-corrected chi connectivity index (χ0v) is 12.7. The molecule has 0 saturated carbocycles. The lowest BCUT2D eigenvalue weighted by atomic mass is 10.1. The molecule has 1 aromatic rings. The highest BCUT2D eigenvalue weighted by Crippen LogP contribution is 2.13. The minimum absolute atomic E-state index is 0.650. The van der Waals surface area contributed by atoms with Gasteiger partial charge in [0.05, 0.1) is 0 Å². The summed E-state index contributed by atoms with van der Waals surface area (Å²) in [7, 11) is 0. The Bertz CT molecular complexity index is 361. The molecular formula is C15H23BrN2. The molecule has 0 aromatic heterocycles. The molecule has 1 aromatic carbocycles. The van der Waals surface area contributed by atoms with Gasteiger partial charge in [0.2, 0.25) is 0 Å². The molecule has 3 heteroatoms. The highest BCUT2D eigenvalue weighted by molar-refractivity contribution is 9.10. The predicted octanol–water partition coefficient (Wildman–Crippen LogP) is 3.41. The summed E-state index contributed by atoms with van der Waals surface area (Å²) in [6, 6.07) is 9.16. The van der Waals surface area contributed by atoms with Gasteiger partial charge in [0, 0.05) is 23.6 Å². The van der Waals surface area contributed by atoms with Crippen molar-refractivity contribution in [2.24, 2.45) is 0 Å². The number of benzene rings is 1. The first-order valence-corrected chi connectivity index (χ1v) is 7.74. The van der Waals surface area contributed by atoms with Gasteiger partial charge in [0.15, 0.2) is 0 Å². The van der Waals surface area contributed by atoms with E-state index in [-0.39, 0.29) is 0 Å². The third kappa shape index (κ3) is 4.38. The van der Waals surface area contributed by atoms with Crippen LogP contribution in [0.2, 0.25) is 0 Å². The molecule has 0 bridgehead atoms. The van der Waals surface area contributed by atoms with Crippen molar-refractivity contribution in [1.29, 1.82) is 0 Å². The van der Waals surface area contributed by atoms with Crippen LogP contribution in [0.3, 0.4) is 0 Å². The van der Waals surface area contributed by atoms with E-state index >= 15 is 0 Å². The molecule has 2 nitrogen and oxygen atoms in total. The second-order valence-electron chi connectivity index (χ2n) is 5.21. The van der Waals surface area contributed by atoms with Crippen molar-refractivity contribution in [2.45, 2.75) is 38.8 Å². The zero-order chi connectivity index (χ0) is 12.8. The van der Waals surface area contributed by atoms with Gasteiger partial charge in [0.1, 0.15) is 0 Å². The number of nitrogens with one attached hydrogen (secondary N) is 1. The summed E-state index contributed by atoms with van der Waals surface area (Å²) in [5, 5.41) is 3.56. The van der Waals surface area contributed by atoms with Crippen LogP contribution in [0.5, 0.6) is 0 Å². The Morgan fingerprint density at radius 3 is 2.78 bits per heavy atom. The third-order valence-corrected chi connectivity index (χ3v) is 4.17. The highest BCUT2D eigenvalue weighted by Gasteiger charge is 2.15. The number of hydrogen-bond donors (Lipinski definition) is 1. The average Bonchev–Trinajstić information content (AvgIpc) is 2.40. The van der Waals surface area contributed by atoms with E-state index in [9.17, 15) is 0 Å². The van der Waals surface area contributed by atoms with Gasteiger partial charge in [0.25, 0.3) is 0 Å². The van der Waals surface area contributed by atoms with Crippen molar-refractivity contribution in [1.82, 2.24) is 10.2 Å². The molecule has 1 fully saturated rings. The molecular weight excluding hydrogens is 288 g/mol. The quantitative estimate of drug-likeness (QED) is 0.896. The molecule has 1 heterocycles. The number of nitrogens with zero attached hydrogens (tertiary/aromatic N) is 1. The van der Waals surface area contributed by atoms with Gasteiger partial charge in [-0.25, -0.2) is 0 Å². The van der Waals surface area contributed by atoms with Crippen LogP contribution in [0, 0.1) is 0 Å². The zero-order valence-electron chi connectivity index (χ0n) is 11.2. The van der Waals surface area contributed by atoms with Crippen LogP contribution in [0.4, 0.5) is 0 Å². The predicted molar refractivity (Wildman–Crippen MR) is 80.7 cm³/mol. The Labute approximate surface area is 119 Å². The van der Waals surface area contributed by atoms with E-state index in [1.165, 1.54) is 37.9 Å². The van der Waals surface area contributed by atoms with Crippen molar-refractivity contribution < 1.29 is 0 Å². The fraction of sp³-hybridized carbons (Fsp3) is 0.600. The van der Waals surface area contributed by atoms with Crippen molar-refractivity contribution in [2.75, 3.05) is 19.6 Å². The van der Waals surface area contributed by atoms with Crippen LogP contribution >= 0.6 is 15.9 Å². The van der Waals surface area contributed by atoms with E-state index in [0.717, 1.165) is 17.6 Å². The van der Waals surface area contributed by atoms with Gasteiger partial charge in [-0.15, -0.1) is 0 Å². The standard InChI is InChI=1S/C15H23BrN2/c1-13(18-8-3-2-4-9-18)11-17-12-14-6-5-7-15(16)10-14/h5-7,10,13,17H,2-4,8-9,11-12H2,1H3. The molecule has 1 saturated heterocycles. The van der Waals surface area contributed by atoms with Crippen LogP contribution in [0.25, 0.3) is 0 Å². The summed E-state index contributed by atoms with van der Waals surface area (Å²) < 4.78 is 1.16. The summed E-state index contributed by atoms with van der Waals surface area (Å²) in [5.41, 5.74) is 1.34. The molecule has 0 aliphatic carbocycles. The fourth-order valence-electron chi connectivity index (χ4n) is 2.56. The van der Waals surface area contributed by atoms with Crippen LogP contribution in [0.15, 0.2) is 28.7 Å². The lowest BCUT2D eigenvalue weighted by Gasteiger charge is -2.32. The number of rotatable bonds is 5. The van der Waals surface area contributed by atoms with Crippen LogP contribution in [0.1, 0.15) is 31.7 Å². The summed E-state index contributed by atoms with van der Waals surface area (Å²) >= 11 is 3.51. The first-order chi connectivity index (χ1) is 8.75. The minimum Gasteiger partial charge on any atom is -0.311 e. The SMILES string of the molecule is CC(CNCc1cccc(Br)c1)N1CCCCC1. The first kappa shape index (κ1) is 14.0. The van der Waals surface area contributed by atoms with E-state index in [0.29, 0.717) is 6.04 Å². The molecule has 1 aliphatic rings. The maximum Gasteiger partial charge on any atom is 0.0206 e. The Morgan fingerprint density at radius 2 is 2.06 bits per heavy atom. The second kappa shape index (κ2) is 7.27. The number of halogens is 1. The van der Waals surface area contributed by atoms with Gasteiger partial charge in [-0.3, -0.25) is 4.90 Å². The molecule has 1 unspecified atom stereocenters. The van der Waals surface area contributed by atoms with E-state index < -0.39 is 0 Å². The number of piperidine rings is 1. The fourth-order valence-corrected chi connectivity index (χ4v) is 3.01. The van der Waals surface area contributed by atoms with Crippen molar-refractivity contribution in [3.8, 4) is 0 Å². The van der Waals surface area contributed by atoms with E-state index in [4.69, 9.17) is 0 Å². The monoisotopic (exact) mass is 310 g/mol. The summed E-state index contributed by atoms with van der Waals surface area (Å²) in [6.45, 7) is 6.92.